The van der Waals surface area contributed by atoms with Gasteiger partial charge in [0.05, 0.1) is 23.6 Å². The molecule has 0 aliphatic carbocycles. The summed E-state index contributed by atoms with van der Waals surface area (Å²) < 4.78 is 0. The average molecular weight is 408 g/mol. The van der Waals surface area contributed by atoms with Crippen LogP contribution in [0.4, 0.5) is 5.69 Å². The summed E-state index contributed by atoms with van der Waals surface area (Å²) in [6, 6.07) is 15.2. The normalized spacial score (nSPS) is 15.5. The number of benzene rings is 2. The van der Waals surface area contributed by atoms with E-state index in [4.69, 9.17) is 11.6 Å². The van der Waals surface area contributed by atoms with E-state index in [0.29, 0.717) is 30.2 Å². The van der Waals surface area contributed by atoms with Crippen LogP contribution in [0.3, 0.4) is 0 Å². The highest BCUT2D eigenvalue weighted by Crippen LogP contribution is 2.34. The van der Waals surface area contributed by atoms with Crippen LogP contribution >= 0.6 is 0 Å². The molecule has 2 aromatic rings. The smallest absolute Gasteiger partial charge is 0.227 e. The lowest BCUT2D eigenvalue weighted by molar-refractivity contribution is -0.125. The predicted molar refractivity (Wildman–Crippen MR) is 120 cm³/mol. The number of hydrogen-bond donors (Lipinski definition) is 4. The molecular formula is C23H29N5O2. The van der Waals surface area contributed by atoms with Crippen LogP contribution in [-0.2, 0) is 16.1 Å². The summed E-state index contributed by atoms with van der Waals surface area (Å²) in [6.07, 6.45) is 2.22. The number of amides is 2. The highest BCUT2D eigenvalue weighted by molar-refractivity contribution is 6.01. The van der Waals surface area contributed by atoms with Gasteiger partial charge < -0.3 is 21.4 Å². The Bertz CT molecular complexity index is 954. The maximum Gasteiger partial charge on any atom is 0.227 e. The van der Waals surface area contributed by atoms with Crippen molar-refractivity contribution in [3.8, 4) is 0 Å². The van der Waals surface area contributed by atoms with E-state index in [1.54, 1.807) is 4.90 Å². The molecule has 3 rings (SSSR count). The summed E-state index contributed by atoms with van der Waals surface area (Å²) in [5.41, 5.74) is 13.4. The second kappa shape index (κ2) is 9.93. The van der Waals surface area contributed by atoms with E-state index >= 15 is 0 Å². The van der Waals surface area contributed by atoms with Gasteiger partial charge in [0.15, 0.2) is 0 Å². The Morgan fingerprint density at radius 3 is 2.47 bits per heavy atom. The number of rotatable bonds is 7. The molecule has 2 aromatic carbocycles. The first-order chi connectivity index (χ1) is 14.6. The van der Waals surface area contributed by atoms with E-state index in [9.17, 15) is 9.59 Å². The number of para-hydroxylation sites is 1. The van der Waals surface area contributed by atoms with Crippen molar-refractivity contribution in [2.45, 2.75) is 39.2 Å². The Balaban J connectivity index is 1.92. The van der Waals surface area contributed by atoms with Gasteiger partial charge in [-0.15, -0.1) is 0 Å². The molecule has 158 valence electrons. The minimum absolute atomic E-state index is 0.106. The zero-order valence-corrected chi connectivity index (χ0v) is 17.3. The molecule has 0 bridgehead atoms. The van der Waals surface area contributed by atoms with Crippen LogP contribution in [0.25, 0.3) is 11.4 Å². The molecule has 0 saturated heterocycles. The first kappa shape index (κ1) is 21.4. The number of fused-ring (bicyclic) bond motifs is 2. The molecule has 0 radical (unpaired) electrons. The van der Waals surface area contributed by atoms with Gasteiger partial charge >= 0.3 is 0 Å². The number of carbonyl (C=O) groups is 2. The molecule has 7 heteroatoms. The van der Waals surface area contributed by atoms with Gasteiger partial charge in [0.25, 0.3) is 0 Å². The zero-order valence-electron chi connectivity index (χ0n) is 17.3. The monoisotopic (exact) mass is 407 g/mol. The molecular weight excluding hydrogens is 378 g/mol. The molecule has 0 fully saturated rings. The predicted octanol–water partition coefficient (Wildman–Crippen LogP) is 2.48. The van der Waals surface area contributed by atoms with Gasteiger partial charge in [0, 0.05) is 30.5 Å². The SMILES string of the molecule is CCCCNC(=O)CCC(=O)N1Cc2ccccc2/C(N)=C(/NN)c2ccccc21. The highest BCUT2D eigenvalue weighted by atomic mass is 16.2. The molecule has 2 amide bonds. The lowest BCUT2D eigenvalue weighted by Crippen LogP contribution is -2.35. The number of nitrogens with one attached hydrogen (secondary N) is 2. The molecule has 6 N–H and O–H groups in total. The number of anilines is 1. The second-order valence-corrected chi connectivity index (χ2v) is 7.29. The first-order valence-electron chi connectivity index (χ1n) is 10.3. The van der Waals surface area contributed by atoms with E-state index in [1.165, 1.54) is 0 Å². The third-order valence-electron chi connectivity index (χ3n) is 5.23. The largest absolute Gasteiger partial charge is 0.396 e. The topological polar surface area (TPSA) is 113 Å². The minimum atomic E-state index is -0.125. The molecule has 0 spiro atoms. The molecule has 1 aliphatic rings. The summed E-state index contributed by atoms with van der Waals surface area (Å²) in [7, 11) is 0. The molecule has 0 atom stereocenters. The van der Waals surface area contributed by atoms with E-state index < -0.39 is 0 Å². The molecule has 0 saturated carbocycles. The van der Waals surface area contributed by atoms with Gasteiger partial charge in [-0.05, 0) is 18.1 Å². The number of hydrogen-bond acceptors (Lipinski definition) is 5. The van der Waals surface area contributed by atoms with Gasteiger partial charge in [0.2, 0.25) is 11.8 Å². The van der Waals surface area contributed by atoms with Gasteiger partial charge in [-0.25, -0.2) is 0 Å². The van der Waals surface area contributed by atoms with E-state index in [2.05, 4.69) is 17.7 Å². The molecule has 7 nitrogen and oxygen atoms in total. The van der Waals surface area contributed by atoms with Crippen LogP contribution in [0.2, 0.25) is 0 Å². The second-order valence-electron chi connectivity index (χ2n) is 7.29. The Morgan fingerprint density at radius 2 is 1.73 bits per heavy atom. The van der Waals surface area contributed by atoms with Gasteiger partial charge in [-0.2, -0.15) is 0 Å². The molecule has 0 aromatic heterocycles. The lowest BCUT2D eigenvalue weighted by atomic mass is 9.96. The fraction of sp³-hybridized carbons (Fsp3) is 0.304. The quantitative estimate of drug-likeness (QED) is 0.320. The number of nitrogens with zero attached hydrogens (tertiary/aromatic N) is 1. The summed E-state index contributed by atoms with van der Waals surface area (Å²) in [5, 5.41) is 2.86. The van der Waals surface area contributed by atoms with Gasteiger partial charge in [-0.1, -0.05) is 55.8 Å². The summed E-state index contributed by atoms with van der Waals surface area (Å²) in [6.45, 7) is 3.07. The van der Waals surface area contributed by atoms with Crippen molar-refractivity contribution in [3.05, 3.63) is 65.2 Å². The maximum absolute atomic E-state index is 13.2. The molecule has 30 heavy (non-hydrogen) atoms. The summed E-state index contributed by atoms with van der Waals surface area (Å²) in [4.78, 5) is 27.0. The fourth-order valence-corrected chi connectivity index (χ4v) is 3.60. The van der Waals surface area contributed by atoms with Crippen molar-refractivity contribution in [1.82, 2.24) is 10.7 Å². The molecule has 1 aliphatic heterocycles. The Labute approximate surface area is 177 Å². The third-order valence-corrected chi connectivity index (χ3v) is 5.23. The Morgan fingerprint density at radius 1 is 1.03 bits per heavy atom. The standard InChI is InChI=1S/C23H29N5O2/c1-2-3-14-26-20(29)12-13-21(30)28-15-16-8-4-5-9-17(16)22(24)23(27-25)18-10-6-7-11-19(18)28/h4-11,27H,2-3,12-15,24-25H2,1H3,(H,26,29)/b23-22-. The van der Waals surface area contributed by atoms with Crippen molar-refractivity contribution in [3.63, 3.8) is 0 Å². The van der Waals surface area contributed by atoms with Crippen molar-refractivity contribution in [2.24, 2.45) is 11.6 Å². The van der Waals surface area contributed by atoms with Crippen LogP contribution in [0.15, 0.2) is 48.5 Å². The Hall–Kier alpha value is -3.32. The fourth-order valence-electron chi connectivity index (χ4n) is 3.60. The maximum atomic E-state index is 13.2. The van der Waals surface area contributed by atoms with Gasteiger partial charge in [0.1, 0.15) is 0 Å². The lowest BCUT2D eigenvalue weighted by Gasteiger charge is -2.30. The number of nitrogens with two attached hydrogens (primary N) is 2. The Kier molecular flexibility index (Phi) is 7.08. The number of unbranched alkanes of at least 4 members (excludes halogenated alkanes) is 1. The van der Waals surface area contributed by atoms with Crippen LogP contribution in [0.5, 0.6) is 0 Å². The summed E-state index contributed by atoms with van der Waals surface area (Å²) in [5.74, 6) is 5.59. The van der Waals surface area contributed by atoms with Crippen LogP contribution in [0, 0.1) is 0 Å². The number of carbonyl (C=O) groups excluding carboxylic acids is 2. The third kappa shape index (κ3) is 4.63. The van der Waals surface area contributed by atoms with Crippen molar-refractivity contribution < 1.29 is 9.59 Å². The van der Waals surface area contributed by atoms with E-state index in [1.807, 2.05) is 48.5 Å². The van der Waals surface area contributed by atoms with E-state index in [-0.39, 0.29) is 24.7 Å². The van der Waals surface area contributed by atoms with Crippen molar-refractivity contribution in [1.29, 1.82) is 0 Å². The highest BCUT2D eigenvalue weighted by Gasteiger charge is 2.26. The van der Waals surface area contributed by atoms with Crippen molar-refractivity contribution >= 4 is 28.9 Å². The van der Waals surface area contributed by atoms with Crippen LogP contribution in [0.1, 0.15) is 49.3 Å². The minimum Gasteiger partial charge on any atom is -0.396 e. The van der Waals surface area contributed by atoms with Gasteiger partial charge in [-0.3, -0.25) is 15.4 Å². The van der Waals surface area contributed by atoms with Crippen molar-refractivity contribution in [2.75, 3.05) is 11.4 Å². The molecule has 1 heterocycles. The number of hydrazine groups is 1. The van der Waals surface area contributed by atoms with E-state index in [0.717, 1.165) is 29.5 Å². The zero-order chi connectivity index (χ0) is 21.5. The van der Waals surface area contributed by atoms with Crippen LogP contribution < -0.4 is 27.2 Å². The first-order valence-corrected chi connectivity index (χ1v) is 10.3. The average Bonchev–Trinajstić information content (AvgIpc) is 2.76. The van der Waals surface area contributed by atoms with Crippen LogP contribution in [-0.4, -0.2) is 18.4 Å². The molecule has 0 unspecified atom stereocenters. The summed E-state index contributed by atoms with van der Waals surface area (Å²) >= 11 is 0.